The number of nitrogens with zero attached hydrogens (tertiary/aromatic N) is 2. The molecule has 2 aromatic carbocycles. The van der Waals surface area contributed by atoms with Crippen LogP contribution in [0.3, 0.4) is 0 Å². The van der Waals surface area contributed by atoms with Crippen molar-refractivity contribution >= 4 is 21.6 Å². The Morgan fingerprint density at radius 1 is 1.03 bits per heavy atom. The van der Waals surface area contributed by atoms with Crippen molar-refractivity contribution in [2.24, 2.45) is 0 Å². The molecule has 0 atom stereocenters. The second-order valence-electron chi connectivity index (χ2n) is 8.30. The Balaban J connectivity index is 1.70. The molecule has 162 valence electrons. The first kappa shape index (κ1) is 22.5. The molecule has 0 saturated carbocycles. The summed E-state index contributed by atoms with van der Waals surface area (Å²) in [4.78, 5) is 14.9. The van der Waals surface area contributed by atoms with Crippen molar-refractivity contribution < 1.29 is 13.2 Å². The van der Waals surface area contributed by atoms with Gasteiger partial charge in [0.2, 0.25) is 10.0 Å². The number of nitrogens with one attached hydrogen (secondary N) is 1. The molecule has 0 aromatic heterocycles. The number of hydrogen-bond acceptors (Lipinski definition) is 4. The van der Waals surface area contributed by atoms with Crippen LogP contribution < -0.4 is 5.32 Å². The van der Waals surface area contributed by atoms with E-state index in [1.165, 1.54) is 0 Å². The number of hydrogen-bond donors (Lipinski definition) is 1. The zero-order chi connectivity index (χ0) is 21.9. The maximum Gasteiger partial charge on any atom is 0.255 e. The molecule has 1 heterocycles. The van der Waals surface area contributed by atoms with Gasteiger partial charge >= 0.3 is 0 Å². The van der Waals surface area contributed by atoms with Crippen LogP contribution in [-0.2, 0) is 15.8 Å². The van der Waals surface area contributed by atoms with Crippen molar-refractivity contribution in [1.29, 1.82) is 0 Å². The van der Waals surface area contributed by atoms with Gasteiger partial charge in [-0.15, -0.1) is 0 Å². The van der Waals surface area contributed by atoms with Crippen LogP contribution in [0.15, 0.2) is 42.5 Å². The van der Waals surface area contributed by atoms with Gasteiger partial charge in [0.15, 0.2) is 0 Å². The predicted octanol–water partition coefficient (Wildman–Crippen LogP) is 3.45. The highest BCUT2D eigenvalue weighted by atomic mass is 32.2. The van der Waals surface area contributed by atoms with E-state index < -0.39 is 10.0 Å². The molecule has 7 heteroatoms. The molecule has 0 radical (unpaired) electrons. The van der Waals surface area contributed by atoms with Crippen LogP contribution >= 0.6 is 0 Å². The fourth-order valence-electron chi connectivity index (χ4n) is 3.65. The minimum Gasteiger partial charge on any atom is -0.321 e. The van der Waals surface area contributed by atoms with E-state index in [2.05, 4.69) is 24.1 Å². The lowest BCUT2D eigenvalue weighted by molar-refractivity contribution is 0.102. The Labute approximate surface area is 179 Å². The number of sulfonamides is 1. The van der Waals surface area contributed by atoms with Crippen molar-refractivity contribution in [3.8, 4) is 0 Å². The van der Waals surface area contributed by atoms with E-state index in [-0.39, 0.29) is 11.7 Å². The first-order valence-electron chi connectivity index (χ1n) is 10.3. The fourth-order valence-corrected chi connectivity index (χ4v) is 5.16. The molecular formula is C23H31N3O3S. The fraction of sp³-hybridized carbons (Fsp3) is 0.435. The summed E-state index contributed by atoms with van der Waals surface area (Å²) in [5.74, 6) is 0.0514. The summed E-state index contributed by atoms with van der Waals surface area (Å²) >= 11 is 0. The number of anilines is 1. The first-order chi connectivity index (χ1) is 14.2. The molecule has 30 heavy (non-hydrogen) atoms. The topological polar surface area (TPSA) is 69.7 Å². The highest BCUT2D eigenvalue weighted by Gasteiger charge is 2.26. The third kappa shape index (κ3) is 5.28. The number of carbonyl (C=O) groups excluding carboxylic acids is 1. The maximum absolute atomic E-state index is 12.8. The largest absolute Gasteiger partial charge is 0.321 e. The number of carbonyl (C=O) groups is 1. The summed E-state index contributed by atoms with van der Waals surface area (Å²) in [6.45, 7) is 8.71. The molecule has 0 spiro atoms. The average molecular weight is 430 g/mol. The average Bonchev–Trinajstić information content (AvgIpc) is 2.70. The zero-order valence-corrected chi connectivity index (χ0v) is 19.0. The van der Waals surface area contributed by atoms with Crippen LogP contribution in [0.2, 0.25) is 0 Å². The van der Waals surface area contributed by atoms with E-state index in [1.807, 2.05) is 32.2 Å². The van der Waals surface area contributed by atoms with Crippen LogP contribution in [0.25, 0.3) is 0 Å². The Morgan fingerprint density at radius 3 is 2.27 bits per heavy atom. The normalized spacial score (nSPS) is 16.0. The minimum absolute atomic E-state index is 0.0477. The summed E-state index contributed by atoms with van der Waals surface area (Å²) < 4.78 is 26.9. The third-order valence-electron chi connectivity index (χ3n) is 5.59. The Morgan fingerprint density at radius 2 is 1.67 bits per heavy atom. The van der Waals surface area contributed by atoms with E-state index in [0.29, 0.717) is 30.1 Å². The van der Waals surface area contributed by atoms with Gasteiger partial charge in [0.1, 0.15) is 0 Å². The highest BCUT2D eigenvalue weighted by molar-refractivity contribution is 7.88. The lowest BCUT2D eigenvalue weighted by Crippen LogP contribution is -2.47. The molecule has 1 aliphatic heterocycles. The van der Waals surface area contributed by atoms with Crippen LogP contribution in [0, 0.1) is 6.92 Å². The summed E-state index contributed by atoms with van der Waals surface area (Å²) in [5, 5.41) is 3.03. The summed E-state index contributed by atoms with van der Waals surface area (Å²) in [6.07, 6.45) is 0. The van der Waals surface area contributed by atoms with Crippen molar-refractivity contribution in [2.75, 3.05) is 38.5 Å². The van der Waals surface area contributed by atoms with Gasteiger partial charge in [-0.05, 0) is 48.7 Å². The quantitative estimate of drug-likeness (QED) is 0.764. The van der Waals surface area contributed by atoms with Gasteiger partial charge in [0.25, 0.3) is 5.91 Å². The van der Waals surface area contributed by atoms with Gasteiger partial charge in [0, 0.05) is 37.4 Å². The number of amides is 1. The molecule has 3 rings (SSSR count). The standard InChI is InChI=1S/C23H31N3O3S/c1-17(2)21-7-5-6-18(3)22(21)24-23(27)20-10-8-19(9-11-20)16-30(28,29)26-14-12-25(4)13-15-26/h5-11,17H,12-16H2,1-4H3,(H,24,27). The smallest absolute Gasteiger partial charge is 0.255 e. The van der Waals surface area contributed by atoms with Gasteiger partial charge in [-0.2, -0.15) is 4.31 Å². The summed E-state index contributed by atoms with van der Waals surface area (Å²) in [5.41, 5.74) is 4.15. The third-order valence-corrected chi connectivity index (χ3v) is 7.44. The molecule has 0 bridgehead atoms. The second-order valence-corrected chi connectivity index (χ2v) is 10.3. The van der Waals surface area contributed by atoms with Gasteiger partial charge in [-0.25, -0.2) is 8.42 Å². The van der Waals surface area contributed by atoms with Gasteiger partial charge < -0.3 is 10.2 Å². The van der Waals surface area contributed by atoms with E-state index >= 15 is 0 Å². The number of para-hydroxylation sites is 1. The molecule has 1 amide bonds. The van der Waals surface area contributed by atoms with E-state index in [1.54, 1.807) is 28.6 Å². The first-order valence-corrected chi connectivity index (χ1v) is 11.9. The van der Waals surface area contributed by atoms with E-state index in [9.17, 15) is 13.2 Å². The Bertz CT molecular complexity index is 993. The summed E-state index contributed by atoms with van der Waals surface area (Å²) in [6, 6.07) is 12.8. The summed E-state index contributed by atoms with van der Waals surface area (Å²) in [7, 11) is -1.36. The number of benzene rings is 2. The molecule has 1 saturated heterocycles. The molecule has 1 N–H and O–H groups in total. The monoisotopic (exact) mass is 429 g/mol. The van der Waals surface area contributed by atoms with Gasteiger partial charge in [-0.1, -0.05) is 44.2 Å². The molecule has 6 nitrogen and oxygen atoms in total. The van der Waals surface area contributed by atoms with Gasteiger partial charge in [-0.3, -0.25) is 4.79 Å². The number of aryl methyl sites for hydroxylation is 1. The maximum atomic E-state index is 12.8. The SMILES string of the molecule is Cc1cccc(C(C)C)c1NC(=O)c1ccc(CS(=O)(=O)N2CCN(C)CC2)cc1. The van der Waals surface area contributed by atoms with Crippen LogP contribution in [-0.4, -0.2) is 56.8 Å². The second kappa shape index (κ2) is 9.29. The predicted molar refractivity (Wildman–Crippen MR) is 121 cm³/mol. The minimum atomic E-state index is -3.36. The lowest BCUT2D eigenvalue weighted by Gasteiger charge is -2.31. The number of likely N-dealkylation sites (N-methyl/N-ethyl adjacent to an activating group) is 1. The number of rotatable bonds is 6. The molecule has 1 aliphatic rings. The Hall–Kier alpha value is -2.22. The van der Waals surface area contributed by atoms with Crippen molar-refractivity contribution in [2.45, 2.75) is 32.4 Å². The Kier molecular flexibility index (Phi) is 6.95. The molecule has 0 unspecified atom stereocenters. The molecule has 2 aromatic rings. The van der Waals surface area contributed by atoms with Crippen molar-refractivity contribution in [3.05, 3.63) is 64.7 Å². The lowest BCUT2D eigenvalue weighted by atomic mass is 9.98. The molecular weight excluding hydrogens is 398 g/mol. The van der Waals surface area contributed by atoms with E-state index in [0.717, 1.165) is 29.9 Å². The molecule has 1 fully saturated rings. The highest BCUT2D eigenvalue weighted by Crippen LogP contribution is 2.28. The van der Waals surface area contributed by atoms with Crippen LogP contribution in [0.4, 0.5) is 5.69 Å². The zero-order valence-electron chi connectivity index (χ0n) is 18.2. The molecule has 0 aliphatic carbocycles. The van der Waals surface area contributed by atoms with Crippen molar-refractivity contribution in [3.63, 3.8) is 0 Å². The van der Waals surface area contributed by atoms with E-state index in [4.69, 9.17) is 0 Å². The van der Waals surface area contributed by atoms with Gasteiger partial charge in [0.05, 0.1) is 5.75 Å². The van der Waals surface area contributed by atoms with Crippen LogP contribution in [0.1, 0.15) is 46.8 Å². The number of piperazine rings is 1. The van der Waals surface area contributed by atoms with Crippen LogP contribution in [0.5, 0.6) is 0 Å². The van der Waals surface area contributed by atoms with Crippen molar-refractivity contribution in [1.82, 2.24) is 9.21 Å².